The van der Waals surface area contributed by atoms with Crippen molar-refractivity contribution in [2.45, 2.75) is 57.8 Å². The molecule has 0 spiro atoms. The summed E-state index contributed by atoms with van der Waals surface area (Å²) in [7, 11) is 0. The quantitative estimate of drug-likeness (QED) is 0.631. The number of carboxylic acid groups (broad SMARTS) is 1. The van der Waals surface area contributed by atoms with Crippen molar-refractivity contribution >= 4 is 5.97 Å². The lowest BCUT2D eigenvalue weighted by molar-refractivity contribution is 0.0697. The van der Waals surface area contributed by atoms with E-state index >= 15 is 0 Å². The summed E-state index contributed by atoms with van der Waals surface area (Å²) in [5, 5.41) is 9.00. The fourth-order valence-electron chi connectivity index (χ4n) is 4.16. The summed E-state index contributed by atoms with van der Waals surface area (Å²) in [6.07, 6.45) is 9.45. The largest absolute Gasteiger partial charge is 0.478 e. The molecule has 0 amide bonds. The molecule has 3 rings (SSSR count). The highest BCUT2D eigenvalue weighted by Crippen LogP contribution is 2.36. The molecule has 0 heterocycles. The van der Waals surface area contributed by atoms with E-state index < -0.39 is 5.97 Å². The van der Waals surface area contributed by atoms with Gasteiger partial charge in [-0.3, -0.25) is 0 Å². The van der Waals surface area contributed by atoms with Crippen LogP contribution in [0.15, 0.2) is 48.5 Å². The average Bonchev–Trinajstić information content (AvgIpc) is 2.88. The van der Waals surface area contributed by atoms with Crippen molar-refractivity contribution in [1.82, 2.24) is 0 Å². The number of aromatic carboxylic acids is 1. The van der Waals surface area contributed by atoms with Gasteiger partial charge in [-0.1, -0.05) is 69.0 Å². The molecule has 1 saturated carbocycles. The minimum atomic E-state index is -0.878. The first-order valence-corrected chi connectivity index (χ1v) is 9.61. The molecule has 0 aliphatic heterocycles. The molecule has 0 unspecified atom stereocenters. The lowest BCUT2D eigenvalue weighted by Gasteiger charge is -2.16. The van der Waals surface area contributed by atoms with Crippen molar-refractivity contribution < 1.29 is 9.90 Å². The van der Waals surface area contributed by atoms with Crippen LogP contribution in [0.4, 0.5) is 0 Å². The molecule has 0 saturated heterocycles. The monoisotopic (exact) mass is 336 g/mol. The second kappa shape index (κ2) is 8.33. The summed E-state index contributed by atoms with van der Waals surface area (Å²) < 4.78 is 0. The first-order valence-electron chi connectivity index (χ1n) is 9.61. The van der Waals surface area contributed by atoms with E-state index in [2.05, 4.69) is 31.2 Å². The Hall–Kier alpha value is -2.09. The molecule has 2 aromatic rings. The highest BCUT2D eigenvalue weighted by atomic mass is 16.4. The van der Waals surface area contributed by atoms with Crippen LogP contribution in [0, 0.1) is 5.92 Å². The van der Waals surface area contributed by atoms with Gasteiger partial charge in [-0.25, -0.2) is 4.79 Å². The predicted molar refractivity (Wildman–Crippen MR) is 103 cm³/mol. The van der Waals surface area contributed by atoms with E-state index in [-0.39, 0.29) is 0 Å². The molecular weight excluding hydrogens is 308 g/mol. The van der Waals surface area contributed by atoms with Crippen LogP contribution < -0.4 is 0 Å². The Bertz CT molecular complexity index is 685. The van der Waals surface area contributed by atoms with Gasteiger partial charge in [0.2, 0.25) is 0 Å². The molecule has 1 aliphatic rings. The molecule has 1 N–H and O–H groups in total. The molecule has 2 nitrogen and oxygen atoms in total. The summed E-state index contributed by atoms with van der Waals surface area (Å²) in [4.78, 5) is 11.0. The van der Waals surface area contributed by atoms with Gasteiger partial charge in [0.05, 0.1) is 5.56 Å². The van der Waals surface area contributed by atoms with Gasteiger partial charge in [-0.2, -0.15) is 0 Å². The predicted octanol–water partition coefficient (Wildman–Crippen LogP) is 6.52. The zero-order chi connectivity index (χ0) is 17.6. The Kier molecular flexibility index (Phi) is 5.91. The number of rotatable bonds is 5. The molecule has 0 bridgehead atoms. The molecule has 2 heteroatoms. The van der Waals surface area contributed by atoms with Crippen molar-refractivity contribution in [3.8, 4) is 11.1 Å². The minimum Gasteiger partial charge on any atom is -0.478 e. The summed E-state index contributed by atoms with van der Waals surface area (Å²) in [6.45, 7) is 2.30. The lowest BCUT2D eigenvalue weighted by atomic mass is 9.89. The molecule has 2 atom stereocenters. The van der Waals surface area contributed by atoms with Crippen LogP contribution in [-0.4, -0.2) is 11.1 Å². The highest BCUT2D eigenvalue weighted by molar-refractivity contribution is 5.88. The van der Waals surface area contributed by atoms with Crippen LogP contribution in [0.25, 0.3) is 11.1 Å². The molecule has 1 aliphatic carbocycles. The molecule has 2 aromatic carbocycles. The van der Waals surface area contributed by atoms with Crippen LogP contribution in [0.1, 0.15) is 73.7 Å². The maximum absolute atomic E-state index is 11.0. The highest BCUT2D eigenvalue weighted by Gasteiger charge is 2.19. The van der Waals surface area contributed by atoms with Crippen molar-refractivity contribution in [2.24, 2.45) is 5.92 Å². The molecule has 132 valence electrons. The third kappa shape index (κ3) is 4.50. The second-order valence-corrected chi connectivity index (χ2v) is 7.36. The third-order valence-electron chi connectivity index (χ3n) is 5.63. The second-order valence-electron chi connectivity index (χ2n) is 7.36. The van der Waals surface area contributed by atoms with Crippen LogP contribution in [0.2, 0.25) is 0 Å². The summed E-state index contributed by atoms with van der Waals surface area (Å²) in [6, 6.07) is 16.0. The normalized spacial score (nSPS) is 20.8. The number of hydrogen-bond acceptors (Lipinski definition) is 1. The van der Waals surface area contributed by atoms with Crippen molar-refractivity contribution in [1.29, 1.82) is 0 Å². The number of carbonyl (C=O) groups is 1. The van der Waals surface area contributed by atoms with E-state index in [0.717, 1.165) is 17.0 Å². The Morgan fingerprint density at radius 2 is 1.56 bits per heavy atom. The average molecular weight is 336 g/mol. The Morgan fingerprint density at radius 1 is 0.920 bits per heavy atom. The molecule has 1 fully saturated rings. The van der Waals surface area contributed by atoms with Gasteiger partial charge in [0, 0.05) is 0 Å². The van der Waals surface area contributed by atoms with E-state index in [1.54, 1.807) is 12.1 Å². The lowest BCUT2D eigenvalue weighted by Crippen LogP contribution is -1.99. The van der Waals surface area contributed by atoms with Gasteiger partial charge in [-0.05, 0) is 59.9 Å². The Morgan fingerprint density at radius 3 is 2.16 bits per heavy atom. The fraction of sp³-hybridized carbons (Fsp3) is 0.435. The van der Waals surface area contributed by atoms with Gasteiger partial charge >= 0.3 is 5.97 Å². The third-order valence-corrected chi connectivity index (χ3v) is 5.63. The van der Waals surface area contributed by atoms with E-state index in [0.29, 0.717) is 11.5 Å². The van der Waals surface area contributed by atoms with Crippen LogP contribution in [0.3, 0.4) is 0 Å². The van der Waals surface area contributed by atoms with Crippen LogP contribution in [0.5, 0.6) is 0 Å². The smallest absolute Gasteiger partial charge is 0.335 e. The van der Waals surface area contributed by atoms with Gasteiger partial charge in [0.15, 0.2) is 0 Å². The van der Waals surface area contributed by atoms with E-state index in [4.69, 9.17) is 5.11 Å². The maximum atomic E-state index is 11.0. The number of hydrogen-bond donors (Lipinski definition) is 1. The number of benzene rings is 2. The topological polar surface area (TPSA) is 37.3 Å². The van der Waals surface area contributed by atoms with Gasteiger partial charge in [0.1, 0.15) is 0 Å². The maximum Gasteiger partial charge on any atom is 0.335 e. The zero-order valence-electron chi connectivity index (χ0n) is 15.1. The van der Waals surface area contributed by atoms with Gasteiger partial charge < -0.3 is 5.11 Å². The summed E-state index contributed by atoms with van der Waals surface area (Å²) in [5.41, 5.74) is 4.02. The molecule has 0 radical (unpaired) electrons. The fourth-order valence-corrected chi connectivity index (χ4v) is 4.16. The van der Waals surface area contributed by atoms with E-state index in [1.807, 2.05) is 12.1 Å². The molecule has 0 aromatic heterocycles. The van der Waals surface area contributed by atoms with E-state index in [9.17, 15) is 4.79 Å². The standard InChI is InChI=1S/C23H28O2/c1-2-4-17-5-3-6-18(8-7-17)19-9-11-20(12-10-19)21-13-15-22(16-14-21)23(24)25/h9-18H,2-8H2,1H3,(H,24,25)/t17-,18-/m1/s1. The Labute approximate surface area is 150 Å². The zero-order valence-corrected chi connectivity index (χ0v) is 15.1. The summed E-state index contributed by atoms with van der Waals surface area (Å²) in [5.74, 6) is 0.754. The first kappa shape index (κ1) is 17.7. The van der Waals surface area contributed by atoms with Crippen molar-refractivity contribution in [3.63, 3.8) is 0 Å². The van der Waals surface area contributed by atoms with Crippen molar-refractivity contribution in [3.05, 3.63) is 59.7 Å². The minimum absolute atomic E-state index is 0.334. The van der Waals surface area contributed by atoms with Gasteiger partial charge in [-0.15, -0.1) is 0 Å². The summed E-state index contributed by atoms with van der Waals surface area (Å²) >= 11 is 0. The number of carboxylic acids is 1. The molecule has 25 heavy (non-hydrogen) atoms. The van der Waals surface area contributed by atoms with Gasteiger partial charge in [0.25, 0.3) is 0 Å². The van der Waals surface area contributed by atoms with Crippen LogP contribution in [-0.2, 0) is 0 Å². The molecular formula is C23H28O2. The first-order chi connectivity index (χ1) is 12.2. The van der Waals surface area contributed by atoms with E-state index in [1.165, 1.54) is 50.5 Å². The van der Waals surface area contributed by atoms with Crippen molar-refractivity contribution in [2.75, 3.05) is 0 Å². The SMILES string of the molecule is CCC[C@@H]1CCC[C@@H](c2ccc(-c3ccc(C(=O)O)cc3)cc2)CC1. The van der Waals surface area contributed by atoms with Crippen LogP contribution >= 0.6 is 0 Å². The Balaban J connectivity index is 1.68.